The molecule has 0 aliphatic heterocycles. The van der Waals surface area contributed by atoms with Crippen LogP contribution in [0, 0.1) is 11.3 Å². The molecule has 0 heterocycles. The summed E-state index contributed by atoms with van der Waals surface area (Å²) in [6, 6.07) is 2.27. The summed E-state index contributed by atoms with van der Waals surface area (Å²) in [6.45, 7) is 0. The quantitative estimate of drug-likeness (QED) is 0.757. The lowest BCUT2D eigenvalue weighted by Gasteiger charge is -2.21. The van der Waals surface area contributed by atoms with Crippen molar-refractivity contribution in [2.45, 2.75) is 57.0 Å². The molecule has 4 heteroatoms. The highest BCUT2D eigenvalue weighted by atomic mass is 16.2. The highest BCUT2D eigenvalue weighted by Crippen LogP contribution is 2.17. The molecule has 1 aliphatic rings. The number of nitrogens with one attached hydrogen (secondary N) is 1. The van der Waals surface area contributed by atoms with E-state index >= 15 is 0 Å². The fourth-order valence-corrected chi connectivity index (χ4v) is 2.23. The van der Waals surface area contributed by atoms with E-state index in [1.165, 1.54) is 25.7 Å². The molecule has 17 heavy (non-hydrogen) atoms. The predicted molar refractivity (Wildman–Crippen MR) is 67.3 cm³/mol. The van der Waals surface area contributed by atoms with Crippen LogP contribution < -0.4 is 5.32 Å². The van der Waals surface area contributed by atoms with Crippen molar-refractivity contribution in [3.05, 3.63) is 0 Å². The van der Waals surface area contributed by atoms with Crippen molar-refractivity contribution < 1.29 is 4.79 Å². The van der Waals surface area contributed by atoms with Crippen LogP contribution in [-0.2, 0) is 4.79 Å². The van der Waals surface area contributed by atoms with Crippen molar-refractivity contribution in [2.24, 2.45) is 0 Å². The summed E-state index contributed by atoms with van der Waals surface area (Å²) in [5.41, 5.74) is 0. The number of hydrogen-bond donors (Lipinski definition) is 1. The van der Waals surface area contributed by atoms with Crippen LogP contribution >= 0.6 is 0 Å². The highest BCUT2D eigenvalue weighted by Gasteiger charge is 2.19. The van der Waals surface area contributed by atoms with Crippen molar-refractivity contribution >= 4 is 5.91 Å². The second-order valence-corrected chi connectivity index (χ2v) is 5.03. The molecule has 1 aliphatic carbocycles. The van der Waals surface area contributed by atoms with Gasteiger partial charge < -0.3 is 4.90 Å². The Morgan fingerprint density at radius 3 is 2.41 bits per heavy atom. The Morgan fingerprint density at radius 1 is 1.35 bits per heavy atom. The molecule has 0 aromatic heterocycles. The van der Waals surface area contributed by atoms with Crippen LogP contribution in [0.15, 0.2) is 0 Å². The van der Waals surface area contributed by atoms with Gasteiger partial charge in [0.1, 0.15) is 6.04 Å². The van der Waals surface area contributed by atoms with Gasteiger partial charge in [-0.3, -0.25) is 10.1 Å². The Bertz CT molecular complexity index is 275. The van der Waals surface area contributed by atoms with E-state index in [1.54, 1.807) is 19.0 Å². The molecule has 4 nitrogen and oxygen atoms in total. The van der Waals surface area contributed by atoms with Crippen LogP contribution in [0.3, 0.4) is 0 Å². The average Bonchev–Trinajstić information content (AvgIpc) is 2.56. The number of carbonyl (C=O) groups is 1. The van der Waals surface area contributed by atoms with Crippen LogP contribution in [0.25, 0.3) is 0 Å². The standard InChI is InChI=1S/C13H23N3O/c1-16(2)13(17)9-12(10-14)15-11-7-5-3-4-6-8-11/h11-12,15H,3-9H2,1-2H3. The van der Waals surface area contributed by atoms with Crippen molar-refractivity contribution in [1.82, 2.24) is 10.2 Å². The predicted octanol–water partition coefficient (Wildman–Crippen LogP) is 1.67. The third kappa shape index (κ3) is 5.18. The van der Waals surface area contributed by atoms with E-state index in [0.29, 0.717) is 6.04 Å². The number of carbonyl (C=O) groups excluding carboxylic acids is 1. The van der Waals surface area contributed by atoms with E-state index in [4.69, 9.17) is 5.26 Å². The smallest absolute Gasteiger partial charge is 0.224 e. The largest absolute Gasteiger partial charge is 0.349 e. The summed E-state index contributed by atoms with van der Waals surface area (Å²) in [5, 5.41) is 12.4. The summed E-state index contributed by atoms with van der Waals surface area (Å²) in [5.74, 6) is 0.0117. The van der Waals surface area contributed by atoms with Gasteiger partial charge >= 0.3 is 0 Å². The van der Waals surface area contributed by atoms with Crippen molar-refractivity contribution in [3.8, 4) is 6.07 Å². The molecule has 1 amide bonds. The van der Waals surface area contributed by atoms with Crippen LogP contribution in [0.1, 0.15) is 44.9 Å². The molecule has 0 bridgehead atoms. The molecule has 0 radical (unpaired) electrons. The molecule has 96 valence electrons. The van der Waals surface area contributed by atoms with Gasteiger partial charge in [-0.1, -0.05) is 25.7 Å². The van der Waals surface area contributed by atoms with Crippen molar-refractivity contribution in [1.29, 1.82) is 5.26 Å². The number of nitrogens with zero attached hydrogens (tertiary/aromatic N) is 2. The topological polar surface area (TPSA) is 56.1 Å². The third-order valence-corrected chi connectivity index (χ3v) is 3.33. The van der Waals surface area contributed by atoms with Gasteiger partial charge in [-0.15, -0.1) is 0 Å². The number of nitriles is 1. The summed E-state index contributed by atoms with van der Waals surface area (Å²) < 4.78 is 0. The summed E-state index contributed by atoms with van der Waals surface area (Å²) in [6.07, 6.45) is 7.61. The average molecular weight is 237 g/mol. The van der Waals surface area contributed by atoms with E-state index in [1.807, 2.05) is 0 Å². The van der Waals surface area contributed by atoms with Crippen molar-refractivity contribution in [2.75, 3.05) is 14.1 Å². The van der Waals surface area contributed by atoms with Gasteiger partial charge in [-0.2, -0.15) is 5.26 Å². The fourth-order valence-electron chi connectivity index (χ4n) is 2.23. The second kappa shape index (κ2) is 7.29. The number of rotatable bonds is 4. The van der Waals surface area contributed by atoms with Gasteiger partial charge in [0.2, 0.25) is 5.91 Å². The maximum atomic E-state index is 11.6. The summed E-state index contributed by atoms with van der Waals surface area (Å²) in [7, 11) is 3.45. The maximum absolute atomic E-state index is 11.6. The first-order valence-corrected chi connectivity index (χ1v) is 6.49. The zero-order valence-corrected chi connectivity index (χ0v) is 10.9. The van der Waals surface area contributed by atoms with E-state index in [-0.39, 0.29) is 18.4 Å². The molecular formula is C13H23N3O. The van der Waals surface area contributed by atoms with Gasteiger partial charge in [-0.05, 0) is 12.8 Å². The Hall–Kier alpha value is -1.08. The Morgan fingerprint density at radius 2 is 1.94 bits per heavy atom. The normalized spacial score (nSPS) is 19.1. The summed E-state index contributed by atoms with van der Waals surface area (Å²) in [4.78, 5) is 13.1. The first kappa shape index (κ1) is 14.0. The molecule has 1 N–H and O–H groups in total. The maximum Gasteiger partial charge on any atom is 0.224 e. The molecule has 0 saturated heterocycles. The molecule has 0 aromatic rings. The zero-order valence-electron chi connectivity index (χ0n) is 10.9. The van der Waals surface area contributed by atoms with Gasteiger partial charge in [0.25, 0.3) is 0 Å². The van der Waals surface area contributed by atoms with Gasteiger partial charge in [-0.25, -0.2) is 0 Å². The molecule has 1 atom stereocenters. The molecule has 0 aromatic carbocycles. The fraction of sp³-hybridized carbons (Fsp3) is 0.846. The zero-order chi connectivity index (χ0) is 12.7. The minimum absolute atomic E-state index is 0.0117. The lowest BCUT2D eigenvalue weighted by molar-refractivity contribution is -0.128. The van der Waals surface area contributed by atoms with Crippen LogP contribution in [-0.4, -0.2) is 37.0 Å². The monoisotopic (exact) mass is 237 g/mol. The first-order valence-electron chi connectivity index (χ1n) is 6.49. The molecule has 1 saturated carbocycles. The van der Waals surface area contributed by atoms with Crippen LogP contribution in [0.2, 0.25) is 0 Å². The van der Waals surface area contributed by atoms with E-state index < -0.39 is 0 Å². The van der Waals surface area contributed by atoms with E-state index in [2.05, 4.69) is 11.4 Å². The van der Waals surface area contributed by atoms with Crippen LogP contribution in [0.4, 0.5) is 0 Å². The summed E-state index contributed by atoms with van der Waals surface area (Å²) >= 11 is 0. The van der Waals surface area contributed by atoms with Crippen molar-refractivity contribution in [3.63, 3.8) is 0 Å². The Labute approximate surface area is 104 Å². The Kier molecular flexibility index (Phi) is 5.99. The number of hydrogen-bond acceptors (Lipinski definition) is 3. The minimum Gasteiger partial charge on any atom is -0.349 e. The SMILES string of the molecule is CN(C)C(=O)CC(C#N)NC1CCCCCC1. The van der Waals surface area contributed by atoms with Crippen LogP contribution in [0.5, 0.6) is 0 Å². The van der Waals surface area contributed by atoms with E-state index in [0.717, 1.165) is 12.8 Å². The third-order valence-electron chi connectivity index (χ3n) is 3.33. The van der Waals surface area contributed by atoms with Gasteiger partial charge in [0, 0.05) is 20.1 Å². The lowest BCUT2D eigenvalue weighted by Crippen LogP contribution is -2.40. The molecule has 1 rings (SSSR count). The van der Waals surface area contributed by atoms with E-state index in [9.17, 15) is 4.79 Å². The Balaban J connectivity index is 2.40. The highest BCUT2D eigenvalue weighted by molar-refractivity contribution is 5.76. The molecule has 0 spiro atoms. The second-order valence-electron chi connectivity index (χ2n) is 5.03. The molecule has 1 fully saturated rings. The molecule has 1 unspecified atom stereocenters. The lowest BCUT2D eigenvalue weighted by atomic mass is 10.1. The van der Waals surface area contributed by atoms with Gasteiger partial charge in [0.15, 0.2) is 0 Å². The number of amides is 1. The minimum atomic E-state index is -0.340. The molecular weight excluding hydrogens is 214 g/mol. The first-order chi connectivity index (χ1) is 8.13. The van der Waals surface area contributed by atoms with Gasteiger partial charge in [0.05, 0.1) is 12.5 Å².